The average Bonchev–Trinajstić information content (AvgIpc) is 2.76. The van der Waals surface area contributed by atoms with E-state index in [4.69, 9.17) is 17.4 Å². The van der Waals surface area contributed by atoms with Crippen molar-refractivity contribution < 1.29 is 4.79 Å². The second-order valence-electron chi connectivity index (χ2n) is 4.24. The molecule has 0 saturated carbocycles. The van der Waals surface area contributed by atoms with E-state index < -0.39 is 0 Å². The van der Waals surface area contributed by atoms with Gasteiger partial charge in [0.25, 0.3) is 0 Å². The molecule has 2 aromatic rings. The fourth-order valence-corrected chi connectivity index (χ4v) is 2.19. The van der Waals surface area contributed by atoms with Gasteiger partial charge >= 0.3 is 0 Å². The Kier molecular flexibility index (Phi) is 4.23. The molecule has 0 unspecified atom stereocenters. The van der Waals surface area contributed by atoms with Crippen molar-refractivity contribution in [1.29, 1.82) is 0 Å². The van der Waals surface area contributed by atoms with Crippen molar-refractivity contribution in [3.63, 3.8) is 0 Å². The number of aromatic nitrogens is 1. The molecule has 0 aliphatic rings. The summed E-state index contributed by atoms with van der Waals surface area (Å²) in [5.74, 6) is 4.91. The third-order valence-corrected chi connectivity index (χ3v) is 3.18. The molecule has 3 N–H and O–H groups in total. The Hall–Kier alpha value is -1.52. The van der Waals surface area contributed by atoms with Gasteiger partial charge < -0.3 is 4.57 Å². The monoisotopic (exact) mass is 265 g/mol. The number of hydrogen-bond donors (Lipinski definition) is 2. The van der Waals surface area contributed by atoms with Gasteiger partial charge in [-0.3, -0.25) is 10.2 Å². The van der Waals surface area contributed by atoms with Crippen LogP contribution in [0.5, 0.6) is 0 Å². The largest absolute Gasteiger partial charge is 0.347 e. The summed E-state index contributed by atoms with van der Waals surface area (Å²) in [6.45, 7) is 0.892. The number of hydrogen-bond acceptors (Lipinski definition) is 2. The van der Waals surface area contributed by atoms with Crippen LogP contribution in [-0.2, 0) is 11.3 Å². The van der Waals surface area contributed by atoms with Crippen molar-refractivity contribution >= 4 is 28.4 Å². The first-order valence-electron chi connectivity index (χ1n) is 5.94. The van der Waals surface area contributed by atoms with Crippen LogP contribution in [-0.4, -0.2) is 10.5 Å². The minimum Gasteiger partial charge on any atom is -0.347 e. The SMILES string of the molecule is NNC(=O)CCCCn1ccc2cc(Cl)ccc21. The van der Waals surface area contributed by atoms with Crippen LogP contribution in [0.2, 0.25) is 5.02 Å². The van der Waals surface area contributed by atoms with E-state index in [9.17, 15) is 4.79 Å². The highest BCUT2D eigenvalue weighted by Gasteiger charge is 2.02. The Balaban J connectivity index is 1.94. The third kappa shape index (κ3) is 3.03. The van der Waals surface area contributed by atoms with Crippen molar-refractivity contribution in [2.75, 3.05) is 0 Å². The number of aryl methyl sites for hydroxylation is 1. The molecule has 0 spiro atoms. The van der Waals surface area contributed by atoms with Gasteiger partial charge in [-0.15, -0.1) is 0 Å². The van der Waals surface area contributed by atoms with Crippen LogP contribution in [0.15, 0.2) is 30.5 Å². The number of unbranched alkanes of at least 4 members (excludes halogenated alkanes) is 1. The number of carbonyl (C=O) groups is 1. The molecule has 0 radical (unpaired) electrons. The van der Waals surface area contributed by atoms with Gasteiger partial charge in [-0.05, 0) is 37.1 Å². The summed E-state index contributed by atoms with van der Waals surface area (Å²) in [4.78, 5) is 11.0. The molecule has 1 aromatic heterocycles. The topological polar surface area (TPSA) is 60.0 Å². The van der Waals surface area contributed by atoms with Crippen molar-refractivity contribution in [3.05, 3.63) is 35.5 Å². The van der Waals surface area contributed by atoms with Crippen LogP contribution < -0.4 is 11.3 Å². The molecular weight excluding hydrogens is 250 g/mol. The first-order chi connectivity index (χ1) is 8.70. The Morgan fingerprint density at radius 2 is 2.17 bits per heavy atom. The normalized spacial score (nSPS) is 10.8. The van der Waals surface area contributed by atoms with Gasteiger partial charge in [0.1, 0.15) is 0 Å². The quantitative estimate of drug-likeness (QED) is 0.378. The van der Waals surface area contributed by atoms with Gasteiger partial charge in [-0.25, -0.2) is 5.84 Å². The molecule has 0 saturated heterocycles. The minimum absolute atomic E-state index is 0.112. The highest BCUT2D eigenvalue weighted by molar-refractivity contribution is 6.31. The smallest absolute Gasteiger partial charge is 0.233 e. The second-order valence-corrected chi connectivity index (χ2v) is 4.67. The molecule has 0 aliphatic heterocycles. The Bertz CT molecular complexity index is 550. The van der Waals surface area contributed by atoms with Gasteiger partial charge in [0.15, 0.2) is 0 Å². The fraction of sp³-hybridized carbons (Fsp3) is 0.308. The molecule has 0 aliphatic carbocycles. The standard InChI is InChI=1S/C13H16ClN3O/c14-11-4-5-12-10(9-11)6-8-17(12)7-2-1-3-13(18)16-15/h4-6,8-9H,1-3,7,15H2,(H,16,18). The highest BCUT2D eigenvalue weighted by Crippen LogP contribution is 2.20. The molecule has 18 heavy (non-hydrogen) atoms. The van der Waals surface area contributed by atoms with Crippen LogP contribution in [0.3, 0.4) is 0 Å². The predicted molar refractivity (Wildman–Crippen MR) is 73.1 cm³/mol. The summed E-state index contributed by atoms with van der Waals surface area (Å²) >= 11 is 5.94. The summed E-state index contributed by atoms with van der Waals surface area (Å²) in [6.07, 6.45) is 4.29. The summed E-state index contributed by atoms with van der Waals surface area (Å²) in [5.41, 5.74) is 3.30. The number of nitrogens with two attached hydrogens (primary N) is 1. The molecule has 0 fully saturated rings. The molecule has 4 nitrogen and oxygen atoms in total. The Morgan fingerprint density at radius 3 is 2.94 bits per heavy atom. The number of rotatable bonds is 5. The number of amides is 1. The second kappa shape index (κ2) is 5.89. The number of carbonyl (C=O) groups excluding carboxylic acids is 1. The first-order valence-corrected chi connectivity index (χ1v) is 6.32. The van der Waals surface area contributed by atoms with E-state index in [0.29, 0.717) is 6.42 Å². The lowest BCUT2D eigenvalue weighted by Gasteiger charge is -2.05. The maximum atomic E-state index is 11.0. The van der Waals surface area contributed by atoms with E-state index in [0.717, 1.165) is 29.8 Å². The first kappa shape index (κ1) is 12.9. The number of hydrazine groups is 1. The molecule has 0 bridgehead atoms. The minimum atomic E-state index is -0.112. The van der Waals surface area contributed by atoms with Crippen molar-refractivity contribution in [1.82, 2.24) is 9.99 Å². The van der Waals surface area contributed by atoms with Crippen molar-refractivity contribution in [2.45, 2.75) is 25.8 Å². The maximum Gasteiger partial charge on any atom is 0.233 e. The zero-order valence-electron chi connectivity index (χ0n) is 10.0. The molecule has 2 rings (SSSR count). The lowest BCUT2D eigenvalue weighted by molar-refractivity contribution is -0.121. The molecule has 5 heteroatoms. The van der Waals surface area contributed by atoms with E-state index in [1.165, 1.54) is 5.52 Å². The van der Waals surface area contributed by atoms with E-state index in [2.05, 4.69) is 9.99 Å². The molecule has 1 heterocycles. The van der Waals surface area contributed by atoms with E-state index in [1.54, 1.807) is 0 Å². The van der Waals surface area contributed by atoms with Gasteiger partial charge in [0.05, 0.1) is 0 Å². The zero-order valence-corrected chi connectivity index (χ0v) is 10.8. The summed E-state index contributed by atoms with van der Waals surface area (Å²) in [6, 6.07) is 7.91. The van der Waals surface area contributed by atoms with E-state index in [1.807, 2.05) is 30.5 Å². The average molecular weight is 266 g/mol. The van der Waals surface area contributed by atoms with Gasteiger partial charge in [-0.2, -0.15) is 0 Å². The number of halogens is 1. The van der Waals surface area contributed by atoms with Gasteiger partial charge in [-0.1, -0.05) is 11.6 Å². The van der Waals surface area contributed by atoms with Crippen molar-refractivity contribution in [3.8, 4) is 0 Å². The third-order valence-electron chi connectivity index (χ3n) is 2.95. The number of benzene rings is 1. The Labute approximate surface area is 111 Å². The Morgan fingerprint density at radius 1 is 1.33 bits per heavy atom. The zero-order chi connectivity index (χ0) is 13.0. The lowest BCUT2D eigenvalue weighted by atomic mass is 10.2. The molecule has 96 valence electrons. The predicted octanol–water partition coefficient (Wildman–Crippen LogP) is 2.45. The molecule has 1 aromatic carbocycles. The van der Waals surface area contributed by atoms with Crippen LogP contribution in [0, 0.1) is 0 Å². The summed E-state index contributed by atoms with van der Waals surface area (Å²) < 4.78 is 2.17. The summed E-state index contributed by atoms with van der Waals surface area (Å²) in [5, 5.41) is 1.89. The molecule has 0 atom stereocenters. The number of nitrogens with one attached hydrogen (secondary N) is 1. The summed E-state index contributed by atoms with van der Waals surface area (Å²) in [7, 11) is 0. The number of fused-ring (bicyclic) bond motifs is 1. The van der Waals surface area contributed by atoms with E-state index >= 15 is 0 Å². The molecule has 1 amide bonds. The maximum absolute atomic E-state index is 11.0. The van der Waals surface area contributed by atoms with Crippen LogP contribution in [0.1, 0.15) is 19.3 Å². The van der Waals surface area contributed by atoms with Crippen molar-refractivity contribution in [2.24, 2.45) is 5.84 Å². The van der Waals surface area contributed by atoms with Crippen LogP contribution >= 0.6 is 11.6 Å². The number of nitrogens with zero attached hydrogens (tertiary/aromatic N) is 1. The van der Waals surface area contributed by atoms with E-state index in [-0.39, 0.29) is 5.91 Å². The van der Waals surface area contributed by atoms with Crippen LogP contribution in [0.4, 0.5) is 0 Å². The van der Waals surface area contributed by atoms with Gasteiger partial charge in [0, 0.05) is 35.1 Å². The fourth-order valence-electron chi connectivity index (χ4n) is 2.01. The molecular formula is C13H16ClN3O. The van der Waals surface area contributed by atoms with Crippen LogP contribution in [0.25, 0.3) is 10.9 Å². The van der Waals surface area contributed by atoms with Gasteiger partial charge in [0.2, 0.25) is 5.91 Å². The lowest BCUT2D eigenvalue weighted by Crippen LogP contribution is -2.29. The highest BCUT2D eigenvalue weighted by atomic mass is 35.5.